The fourth-order valence-electron chi connectivity index (χ4n) is 6.15. The van der Waals surface area contributed by atoms with E-state index in [4.69, 9.17) is 4.74 Å². The van der Waals surface area contributed by atoms with Crippen LogP contribution in [-0.4, -0.2) is 26.9 Å². The molecule has 4 aliphatic rings. The summed E-state index contributed by atoms with van der Waals surface area (Å²) < 4.78 is 7.73. The van der Waals surface area contributed by atoms with Crippen molar-refractivity contribution in [3.8, 4) is 17.2 Å². The lowest BCUT2D eigenvalue weighted by molar-refractivity contribution is -0.778. The van der Waals surface area contributed by atoms with Gasteiger partial charge in [0.2, 0.25) is 11.9 Å². The van der Waals surface area contributed by atoms with Crippen molar-refractivity contribution in [1.29, 1.82) is 0 Å². The first kappa shape index (κ1) is 17.5. The molecule has 1 aromatic heterocycles. The molecule has 4 saturated carbocycles. The van der Waals surface area contributed by atoms with E-state index in [2.05, 4.69) is 0 Å². The van der Waals surface area contributed by atoms with Gasteiger partial charge in [-0.2, -0.15) is 4.57 Å². The van der Waals surface area contributed by atoms with Crippen LogP contribution in [0.25, 0.3) is 0 Å². The third-order valence-corrected chi connectivity index (χ3v) is 6.76. The Hall–Kier alpha value is -2.60. The van der Waals surface area contributed by atoms with Gasteiger partial charge >= 0.3 is 5.97 Å². The third kappa shape index (κ3) is 2.75. The Kier molecular flexibility index (Phi) is 3.72. The van der Waals surface area contributed by atoms with Crippen LogP contribution >= 0.6 is 0 Å². The summed E-state index contributed by atoms with van der Waals surface area (Å²) in [5.41, 5.74) is -1.18. The van der Waals surface area contributed by atoms with Gasteiger partial charge < -0.3 is 20.1 Å². The number of aromatic nitrogens is 1. The fraction of sp³-hybridized carbons (Fsp3) is 0.455. The Bertz CT molecular complexity index is 927. The van der Waals surface area contributed by atoms with Gasteiger partial charge in [0.25, 0.3) is 0 Å². The van der Waals surface area contributed by atoms with Gasteiger partial charge in [0.15, 0.2) is 23.0 Å². The average Bonchev–Trinajstić information content (AvgIpc) is 2.62. The number of benzene rings is 1. The number of pyridine rings is 1. The molecule has 6 rings (SSSR count). The summed E-state index contributed by atoms with van der Waals surface area (Å²) in [5, 5.41) is 31.2. The first-order valence-electron chi connectivity index (χ1n) is 9.83. The molecule has 0 radical (unpaired) electrons. The highest BCUT2D eigenvalue weighted by Crippen LogP contribution is 2.58. The molecular formula is C22H24NO5+. The van der Waals surface area contributed by atoms with Gasteiger partial charge in [-0.1, -0.05) is 18.2 Å². The maximum absolute atomic E-state index is 11.8. The third-order valence-electron chi connectivity index (χ3n) is 6.76. The number of aliphatic hydroxyl groups is 1. The van der Waals surface area contributed by atoms with Crippen molar-refractivity contribution in [2.24, 2.45) is 11.8 Å². The number of hydrogen-bond acceptors (Lipinski definition) is 4. The van der Waals surface area contributed by atoms with Crippen molar-refractivity contribution in [1.82, 2.24) is 0 Å². The fourth-order valence-corrected chi connectivity index (χ4v) is 6.15. The topological polar surface area (TPSA) is 90.9 Å². The highest BCUT2D eigenvalue weighted by Gasteiger charge is 2.62. The summed E-state index contributed by atoms with van der Waals surface area (Å²) >= 11 is 0. The molecular weight excluding hydrogens is 358 g/mol. The Labute approximate surface area is 163 Å². The molecule has 6 heteroatoms. The molecule has 2 unspecified atom stereocenters. The van der Waals surface area contributed by atoms with Crippen molar-refractivity contribution in [3.63, 3.8) is 0 Å². The molecule has 4 atom stereocenters. The Morgan fingerprint density at radius 2 is 1.75 bits per heavy atom. The molecule has 28 heavy (non-hydrogen) atoms. The average molecular weight is 382 g/mol. The van der Waals surface area contributed by atoms with Gasteiger partial charge in [-0.05, 0) is 43.2 Å². The molecule has 0 amide bonds. The number of rotatable bonds is 4. The zero-order chi connectivity index (χ0) is 19.5. The normalized spacial score (nSPS) is 33.0. The van der Waals surface area contributed by atoms with E-state index in [1.165, 1.54) is 6.20 Å². The van der Waals surface area contributed by atoms with Crippen molar-refractivity contribution in [2.75, 3.05) is 0 Å². The summed E-state index contributed by atoms with van der Waals surface area (Å²) in [7, 11) is 0. The molecule has 3 N–H and O–H groups in total. The quantitative estimate of drug-likeness (QED) is 0.707. The Morgan fingerprint density at radius 3 is 2.36 bits per heavy atom. The largest absolute Gasteiger partial charge is 0.503 e. The van der Waals surface area contributed by atoms with Crippen molar-refractivity contribution < 1.29 is 29.4 Å². The molecule has 1 aromatic carbocycles. The SMILES string of the molecule is O=C(O)c1c[n+](C23C[C@@H]4C[C@@H](CC(O)(C4)C2)C3)cc(Oc2ccccc2)c1O. The molecule has 4 fully saturated rings. The van der Waals surface area contributed by atoms with Gasteiger partial charge in [0, 0.05) is 19.3 Å². The van der Waals surface area contributed by atoms with E-state index in [1.807, 2.05) is 22.8 Å². The van der Waals surface area contributed by atoms with Crippen molar-refractivity contribution in [3.05, 3.63) is 48.3 Å². The number of aromatic hydroxyl groups is 1. The van der Waals surface area contributed by atoms with Crippen LogP contribution in [0.2, 0.25) is 0 Å². The van der Waals surface area contributed by atoms with Crippen LogP contribution in [-0.2, 0) is 5.54 Å². The zero-order valence-electron chi connectivity index (χ0n) is 15.5. The summed E-state index contributed by atoms with van der Waals surface area (Å²) in [4.78, 5) is 11.8. The smallest absolute Gasteiger partial charge is 0.345 e. The van der Waals surface area contributed by atoms with Crippen LogP contribution in [0.3, 0.4) is 0 Å². The molecule has 4 aliphatic carbocycles. The highest BCUT2D eigenvalue weighted by molar-refractivity contribution is 5.91. The van der Waals surface area contributed by atoms with Crippen molar-refractivity contribution >= 4 is 5.97 Å². The number of aromatic carboxylic acids is 1. The monoisotopic (exact) mass is 382 g/mol. The molecule has 0 saturated heterocycles. The minimum Gasteiger partial charge on any atom is -0.503 e. The lowest BCUT2D eigenvalue weighted by Gasteiger charge is -2.56. The van der Waals surface area contributed by atoms with E-state index in [-0.39, 0.29) is 22.6 Å². The van der Waals surface area contributed by atoms with E-state index in [9.17, 15) is 20.1 Å². The highest BCUT2D eigenvalue weighted by atomic mass is 16.5. The number of carboxylic acid groups (broad SMARTS) is 1. The van der Waals surface area contributed by atoms with Gasteiger partial charge in [0.05, 0.1) is 5.60 Å². The lowest BCUT2D eigenvalue weighted by Crippen LogP contribution is -2.69. The van der Waals surface area contributed by atoms with Gasteiger partial charge in [0.1, 0.15) is 5.75 Å². The second-order valence-corrected chi connectivity index (χ2v) is 8.92. The van der Waals surface area contributed by atoms with Crippen LogP contribution in [0.15, 0.2) is 42.7 Å². The maximum atomic E-state index is 11.8. The molecule has 1 heterocycles. The number of para-hydroxylation sites is 1. The van der Waals surface area contributed by atoms with Crippen LogP contribution in [0, 0.1) is 11.8 Å². The van der Waals surface area contributed by atoms with Crippen LogP contribution in [0.1, 0.15) is 48.9 Å². The van der Waals surface area contributed by atoms with Crippen LogP contribution in [0.4, 0.5) is 0 Å². The number of nitrogens with zero attached hydrogens (tertiary/aromatic N) is 1. The van der Waals surface area contributed by atoms with E-state index in [1.54, 1.807) is 18.3 Å². The number of hydrogen-bond donors (Lipinski definition) is 3. The minimum atomic E-state index is -1.20. The van der Waals surface area contributed by atoms with Gasteiger partial charge in [-0.3, -0.25) is 0 Å². The van der Waals surface area contributed by atoms with E-state index in [0.29, 0.717) is 24.0 Å². The van der Waals surface area contributed by atoms with Gasteiger partial charge in [-0.25, -0.2) is 4.79 Å². The van der Waals surface area contributed by atoms with Gasteiger partial charge in [-0.15, -0.1) is 0 Å². The molecule has 0 aliphatic heterocycles. The Morgan fingerprint density at radius 1 is 1.07 bits per heavy atom. The predicted molar refractivity (Wildman–Crippen MR) is 99.4 cm³/mol. The summed E-state index contributed by atoms with van der Waals surface area (Å²) in [6.07, 6.45) is 8.48. The van der Waals surface area contributed by atoms with E-state index in [0.717, 1.165) is 32.1 Å². The van der Waals surface area contributed by atoms with Crippen molar-refractivity contribution in [2.45, 2.75) is 49.7 Å². The van der Waals surface area contributed by atoms with Crippen LogP contribution < -0.4 is 9.30 Å². The molecule has 0 spiro atoms. The number of ether oxygens (including phenoxy) is 1. The Balaban J connectivity index is 1.61. The summed E-state index contributed by atoms with van der Waals surface area (Å²) in [6, 6.07) is 9.00. The molecule has 2 aromatic rings. The second-order valence-electron chi connectivity index (χ2n) is 8.92. The van der Waals surface area contributed by atoms with E-state index >= 15 is 0 Å². The van der Waals surface area contributed by atoms with E-state index < -0.39 is 11.6 Å². The summed E-state index contributed by atoms with van der Waals surface area (Å²) in [5.74, 6) is -0.0206. The standard InChI is InChI=1S/C22H23NO5/c24-19-17(20(25)26)11-23(12-18(19)28-16-4-2-1-3-5-16)21-7-14-6-15(8-21)10-22(27,9-14)13-21/h1-5,11-12,14-15,27H,6-10,13H2,(H,25,26)/p+1/t14-,15+,21?,22?. The zero-order valence-corrected chi connectivity index (χ0v) is 15.5. The predicted octanol–water partition coefficient (Wildman–Crippen LogP) is 3.21. The first-order valence-corrected chi connectivity index (χ1v) is 9.83. The van der Waals surface area contributed by atoms with Crippen LogP contribution in [0.5, 0.6) is 17.2 Å². The maximum Gasteiger partial charge on any atom is 0.345 e. The number of carbonyl (C=O) groups is 1. The second kappa shape index (κ2) is 5.95. The molecule has 6 nitrogen and oxygen atoms in total. The first-order chi connectivity index (χ1) is 13.4. The summed E-state index contributed by atoms with van der Waals surface area (Å²) in [6.45, 7) is 0. The minimum absolute atomic E-state index is 0.119. The molecule has 4 bridgehead atoms. The number of carboxylic acids is 1. The molecule has 146 valence electrons. The lowest BCUT2D eigenvalue weighted by atomic mass is 9.51.